The highest BCUT2D eigenvalue weighted by atomic mass is 16.5. The molecule has 264 valence electrons. The Balaban J connectivity index is 0.953. The van der Waals surface area contributed by atoms with Crippen LogP contribution in [0.15, 0.2) is 88.5 Å². The fraction of sp³-hybridized carbons (Fsp3) is 0.220. The molecule has 4 aromatic heterocycles. The van der Waals surface area contributed by atoms with E-state index >= 15 is 0 Å². The van der Waals surface area contributed by atoms with Crippen LogP contribution < -0.4 is 21.1 Å². The molecule has 2 aliphatic rings. The lowest BCUT2D eigenvalue weighted by Gasteiger charge is -2.31. The van der Waals surface area contributed by atoms with Gasteiger partial charge in [-0.3, -0.25) is 38.8 Å². The average Bonchev–Trinajstić information content (AvgIpc) is 3.66. The number of piperidine rings is 1. The molecule has 2 aromatic carbocycles. The summed E-state index contributed by atoms with van der Waals surface area (Å²) in [6, 6.07) is 16.7. The highest BCUT2D eigenvalue weighted by Crippen LogP contribution is 2.41. The van der Waals surface area contributed by atoms with Gasteiger partial charge >= 0.3 is 5.69 Å². The second-order valence-electron chi connectivity index (χ2n) is 13.8. The highest BCUT2D eigenvalue weighted by Gasteiger charge is 2.31. The van der Waals surface area contributed by atoms with Crippen molar-refractivity contribution in [1.82, 2.24) is 29.7 Å². The number of fused-ring (bicyclic) bond motifs is 3. The van der Waals surface area contributed by atoms with Gasteiger partial charge in [-0.05, 0) is 79.9 Å². The van der Waals surface area contributed by atoms with Gasteiger partial charge in [0.1, 0.15) is 22.6 Å². The molecule has 2 N–H and O–H groups in total. The number of imide groups is 1. The minimum atomic E-state index is -0.605. The second-order valence-corrected chi connectivity index (χ2v) is 13.8. The lowest BCUT2D eigenvalue weighted by atomic mass is 9.90. The first-order valence-electron chi connectivity index (χ1n) is 17.1. The highest BCUT2D eigenvalue weighted by molar-refractivity contribution is 6.03. The van der Waals surface area contributed by atoms with Crippen molar-refractivity contribution in [3.63, 3.8) is 0 Å². The molecular weight excluding hydrogens is 672 g/mol. The summed E-state index contributed by atoms with van der Waals surface area (Å²) in [5.74, 6) is 5.24. The molecule has 53 heavy (non-hydrogen) atoms. The van der Waals surface area contributed by atoms with Gasteiger partial charge in [0.15, 0.2) is 0 Å². The van der Waals surface area contributed by atoms with E-state index in [9.17, 15) is 19.2 Å². The van der Waals surface area contributed by atoms with Gasteiger partial charge in [0.2, 0.25) is 11.8 Å². The molecule has 0 spiro atoms. The number of nitrogens with one attached hydrogen (secondary N) is 2. The number of imidazole rings is 1. The molecule has 0 saturated carbocycles. The predicted molar refractivity (Wildman–Crippen MR) is 198 cm³/mol. The van der Waals surface area contributed by atoms with E-state index in [2.05, 4.69) is 33.5 Å². The van der Waals surface area contributed by atoms with Crippen LogP contribution in [0, 0.1) is 11.8 Å². The van der Waals surface area contributed by atoms with E-state index < -0.39 is 11.5 Å². The molecule has 1 atom stereocenters. The zero-order valence-electron chi connectivity index (χ0n) is 29.4. The molecule has 1 unspecified atom stereocenters. The van der Waals surface area contributed by atoms with Gasteiger partial charge in [-0.2, -0.15) is 0 Å². The predicted octanol–water partition coefficient (Wildman–Crippen LogP) is 4.98. The molecule has 0 bridgehead atoms. The molecule has 8 rings (SSSR count). The quantitative estimate of drug-likeness (QED) is 0.188. The summed E-state index contributed by atoms with van der Waals surface area (Å²) in [7, 11) is 3.53. The number of nitrogens with zero attached hydrogens (tertiary/aromatic N) is 4. The largest absolute Gasteiger partial charge is 0.483 e. The molecule has 3 amide bonds. The first kappa shape index (κ1) is 33.4. The number of carbonyl (C=O) groups is 3. The van der Waals surface area contributed by atoms with Crippen LogP contribution in [0.1, 0.15) is 65.3 Å². The van der Waals surface area contributed by atoms with Crippen LogP contribution >= 0.6 is 0 Å². The van der Waals surface area contributed by atoms with Crippen LogP contribution in [0.25, 0.3) is 38.8 Å². The van der Waals surface area contributed by atoms with Crippen molar-refractivity contribution in [2.24, 2.45) is 14.1 Å². The Morgan fingerprint density at radius 2 is 1.79 bits per heavy atom. The number of aryl methyl sites for hydroxylation is 2. The number of carbonyl (C=O) groups excluding carboxylic acids is 3. The second kappa shape index (κ2) is 12.8. The van der Waals surface area contributed by atoms with Crippen molar-refractivity contribution in [2.75, 3.05) is 6.54 Å². The lowest BCUT2D eigenvalue weighted by Crippen LogP contribution is -2.39. The Morgan fingerprint density at radius 1 is 0.981 bits per heavy atom. The lowest BCUT2D eigenvalue weighted by molar-refractivity contribution is -0.134. The number of hydrogen-bond acceptors (Lipinski definition) is 8. The Kier molecular flexibility index (Phi) is 8.06. The molecule has 0 radical (unpaired) electrons. The summed E-state index contributed by atoms with van der Waals surface area (Å²) in [4.78, 5) is 58.6. The number of rotatable bonds is 5. The summed E-state index contributed by atoms with van der Waals surface area (Å²) >= 11 is 0. The van der Waals surface area contributed by atoms with Crippen LogP contribution in [0.3, 0.4) is 0 Å². The van der Waals surface area contributed by atoms with Crippen molar-refractivity contribution in [1.29, 1.82) is 0 Å². The van der Waals surface area contributed by atoms with Crippen LogP contribution in [-0.4, -0.2) is 49.0 Å². The SMILES string of the molecule is Cn1c(=O)n(C)c2cc(C3=CC(C)(C)Oc4cc(-c5ccc(C(=O)NCC#Cc6ccc7occ(C8CCC(=O)NC8=O)c7c6)nc5)ncc43)ccc21. The van der Waals surface area contributed by atoms with Gasteiger partial charge in [0.05, 0.1) is 35.5 Å². The van der Waals surface area contributed by atoms with E-state index in [-0.39, 0.29) is 42.1 Å². The monoisotopic (exact) mass is 706 g/mol. The van der Waals surface area contributed by atoms with E-state index in [4.69, 9.17) is 14.1 Å². The Bertz CT molecular complexity index is 2670. The van der Waals surface area contributed by atoms with Crippen molar-refractivity contribution >= 4 is 45.3 Å². The minimum absolute atomic E-state index is 0.0830. The normalized spacial score (nSPS) is 16.3. The zero-order valence-corrected chi connectivity index (χ0v) is 29.4. The Morgan fingerprint density at radius 3 is 2.58 bits per heavy atom. The van der Waals surface area contributed by atoms with Crippen molar-refractivity contribution in [2.45, 2.75) is 38.2 Å². The van der Waals surface area contributed by atoms with Crippen LogP contribution in [0.2, 0.25) is 0 Å². The maximum atomic E-state index is 12.9. The number of hydrogen-bond donors (Lipinski definition) is 2. The standard InChI is InChI=1S/C41H34N6O6/c1-41(2)19-28(24-9-12-33-34(17-24)47(4)40(51)46(33)3)29-21-44-32(18-36(29)53-41)25-8-11-31(43-20-25)39(50)42-15-5-6-23-7-13-35-27(16-23)30(22-52-35)26-10-14-37(48)45-38(26)49/h7-9,11-13,16-22,26H,10,14-15H2,1-4H3,(H,42,50)(H,45,48,49). The van der Waals surface area contributed by atoms with Crippen LogP contribution in [0.5, 0.6) is 5.75 Å². The van der Waals surface area contributed by atoms with Crippen LogP contribution in [0.4, 0.5) is 0 Å². The molecule has 6 aromatic rings. The molecular formula is C41H34N6O6. The van der Waals surface area contributed by atoms with E-state index in [1.165, 1.54) is 0 Å². The van der Waals surface area contributed by atoms with E-state index in [0.29, 0.717) is 34.6 Å². The molecule has 1 saturated heterocycles. The van der Waals surface area contributed by atoms with E-state index in [1.807, 2.05) is 44.2 Å². The summed E-state index contributed by atoms with van der Waals surface area (Å²) in [6.45, 7) is 4.07. The van der Waals surface area contributed by atoms with Gasteiger partial charge in [-0.15, -0.1) is 0 Å². The smallest absolute Gasteiger partial charge is 0.328 e. The van der Waals surface area contributed by atoms with E-state index in [0.717, 1.165) is 38.7 Å². The fourth-order valence-corrected chi connectivity index (χ4v) is 6.96. The number of benzene rings is 2. The summed E-state index contributed by atoms with van der Waals surface area (Å²) < 4.78 is 15.3. The van der Waals surface area contributed by atoms with Crippen molar-refractivity contribution in [3.05, 3.63) is 118 Å². The fourth-order valence-electron chi connectivity index (χ4n) is 6.96. The third kappa shape index (κ3) is 6.16. The zero-order chi connectivity index (χ0) is 37.0. The molecule has 12 nitrogen and oxygen atoms in total. The Labute approximate surface area is 303 Å². The number of amides is 3. The van der Waals surface area contributed by atoms with Gasteiger partial charge in [0, 0.05) is 66.6 Å². The third-order valence-corrected chi connectivity index (χ3v) is 9.68. The Hall–Kier alpha value is -6.74. The molecule has 12 heteroatoms. The van der Waals surface area contributed by atoms with Crippen molar-refractivity contribution < 1.29 is 23.5 Å². The summed E-state index contributed by atoms with van der Waals surface area (Å²) in [5.41, 5.74) is 7.37. The van der Waals surface area contributed by atoms with Gasteiger partial charge < -0.3 is 14.5 Å². The topological polar surface area (TPSA) is 150 Å². The molecule has 6 heterocycles. The van der Waals surface area contributed by atoms with Gasteiger partial charge in [0.25, 0.3) is 5.91 Å². The molecule has 2 aliphatic heterocycles. The average molecular weight is 707 g/mol. The molecule has 1 fully saturated rings. The van der Waals surface area contributed by atoms with Gasteiger partial charge in [-0.25, -0.2) is 4.79 Å². The van der Waals surface area contributed by atoms with Gasteiger partial charge in [-0.1, -0.05) is 17.9 Å². The third-order valence-electron chi connectivity index (χ3n) is 9.68. The van der Waals surface area contributed by atoms with Crippen LogP contribution in [-0.2, 0) is 23.7 Å². The first-order valence-corrected chi connectivity index (χ1v) is 17.1. The number of aromatic nitrogens is 4. The number of pyridine rings is 2. The molecule has 0 aliphatic carbocycles. The van der Waals surface area contributed by atoms with Crippen molar-refractivity contribution in [3.8, 4) is 28.8 Å². The summed E-state index contributed by atoms with van der Waals surface area (Å²) in [6.07, 6.45) is 7.70. The summed E-state index contributed by atoms with van der Waals surface area (Å²) in [5, 5.41) is 5.94. The number of ether oxygens (including phenoxy) is 1. The maximum Gasteiger partial charge on any atom is 0.328 e. The minimum Gasteiger partial charge on any atom is -0.483 e. The maximum absolute atomic E-state index is 12.9. The first-order chi connectivity index (χ1) is 25.5. The number of furan rings is 1. The van der Waals surface area contributed by atoms with E-state index in [1.54, 1.807) is 66.2 Å².